The Kier molecular flexibility index (Phi) is 11.2. The second-order valence-electron chi connectivity index (χ2n) is 9.68. The Balaban J connectivity index is 1.71. The van der Waals surface area contributed by atoms with Gasteiger partial charge in [-0.2, -0.15) is 0 Å². The summed E-state index contributed by atoms with van der Waals surface area (Å²) >= 11 is 0. The highest BCUT2D eigenvalue weighted by molar-refractivity contribution is 7.90. The van der Waals surface area contributed by atoms with Gasteiger partial charge in [0.2, 0.25) is 10.0 Å². The number of carboxylic acid groups (broad SMARTS) is 1. The number of rotatable bonds is 14. The second-order valence-corrected chi connectivity index (χ2v) is 11.5. The molecule has 2 amide bonds. The molecule has 1 atom stereocenters. The van der Waals surface area contributed by atoms with Crippen LogP contribution >= 0.6 is 0 Å². The van der Waals surface area contributed by atoms with E-state index in [1.807, 2.05) is 29.0 Å². The quantitative estimate of drug-likeness (QED) is 0.222. The maximum atomic E-state index is 12.7. The molecule has 220 valence electrons. The van der Waals surface area contributed by atoms with Crippen LogP contribution in [0.3, 0.4) is 0 Å². The van der Waals surface area contributed by atoms with Crippen molar-refractivity contribution in [1.82, 2.24) is 14.6 Å². The highest BCUT2D eigenvalue weighted by atomic mass is 32.2. The minimum atomic E-state index is -3.91. The summed E-state index contributed by atoms with van der Waals surface area (Å²) in [7, 11) is -3.91. The molecule has 0 unspecified atom stereocenters. The van der Waals surface area contributed by atoms with Gasteiger partial charge in [0, 0.05) is 31.1 Å². The lowest BCUT2D eigenvalue weighted by Gasteiger charge is -2.22. The van der Waals surface area contributed by atoms with E-state index >= 15 is 0 Å². The van der Waals surface area contributed by atoms with Gasteiger partial charge in [0.1, 0.15) is 5.75 Å². The zero-order valence-electron chi connectivity index (χ0n) is 22.9. The third-order valence-electron chi connectivity index (χ3n) is 6.10. The van der Waals surface area contributed by atoms with E-state index in [4.69, 9.17) is 9.84 Å². The van der Waals surface area contributed by atoms with Crippen LogP contribution in [0.4, 0.5) is 4.79 Å². The Hall–Kier alpha value is -4.00. The molecule has 0 aliphatic heterocycles. The summed E-state index contributed by atoms with van der Waals surface area (Å²) in [5, 5.41) is 28.9. The number of carbonyl (C=O) groups is 2. The van der Waals surface area contributed by atoms with Crippen LogP contribution in [-0.2, 0) is 16.4 Å². The molecular weight excluding hydrogens is 550 g/mol. The molecule has 0 saturated carbocycles. The van der Waals surface area contributed by atoms with Gasteiger partial charge in [0.25, 0.3) is 5.91 Å². The van der Waals surface area contributed by atoms with Crippen LogP contribution in [0.25, 0.3) is 11.1 Å². The predicted molar refractivity (Wildman–Crippen MR) is 153 cm³/mol. The molecule has 11 nitrogen and oxygen atoms in total. The molecule has 41 heavy (non-hydrogen) atoms. The van der Waals surface area contributed by atoms with Crippen molar-refractivity contribution in [2.45, 2.75) is 38.9 Å². The van der Waals surface area contributed by atoms with Gasteiger partial charge in [-0.3, -0.25) is 9.78 Å². The lowest BCUT2D eigenvalue weighted by atomic mass is 10.0. The standard InChI is InChI=1S/C29H35N3O8S/c1-20(2)40-27-17-23(10-11-25(27)28(35)31-41(38,39)16-4-15-33)22-8-6-21(7-9-22)12-14-32(29(36)37)19-26(34)24-5-3-13-30-18-24/h3,5-11,13,17-18,20,26,33-34H,4,12,14-16,19H2,1-2H3,(H,31,35)(H,36,37)/t26-/m0/s1. The SMILES string of the molecule is CC(C)Oc1cc(-c2ccc(CCN(C[C@H](O)c3cccnc3)C(=O)O)cc2)ccc1C(=O)NS(=O)(=O)CCCO. The maximum absolute atomic E-state index is 12.7. The minimum Gasteiger partial charge on any atom is -0.490 e. The van der Waals surface area contributed by atoms with Gasteiger partial charge < -0.3 is 25.0 Å². The first kappa shape index (κ1) is 31.5. The number of aliphatic hydroxyl groups excluding tert-OH is 2. The van der Waals surface area contributed by atoms with E-state index in [1.165, 1.54) is 12.3 Å². The normalized spacial score (nSPS) is 12.1. The molecular formula is C29H35N3O8S. The minimum absolute atomic E-state index is 0.00852. The lowest BCUT2D eigenvalue weighted by Crippen LogP contribution is -2.35. The van der Waals surface area contributed by atoms with Gasteiger partial charge in [-0.1, -0.05) is 36.4 Å². The molecule has 2 aromatic carbocycles. The smallest absolute Gasteiger partial charge is 0.407 e. The Morgan fingerprint density at radius 2 is 1.78 bits per heavy atom. The van der Waals surface area contributed by atoms with E-state index in [0.717, 1.165) is 21.6 Å². The predicted octanol–water partition coefficient (Wildman–Crippen LogP) is 3.23. The fourth-order valence-electron chi connectivity index (χ4n) is 4.02. The van der Waals surface area contributed by atoms with Crippen molar-refractivity contribution in [2.24, 2.45) is 0 Å². The number of benzene rings is 2. The molecule has 12 heteroatoms. The topological polar surface area (TPSA) is 166 Å². The molecule has 0 aliphatic carbocycles. The van der Waals surface area contributed by atoms with Crippen molar-refractivity contribution in [2.75, 3.05) is 25.4 Å². The highest BCUT2D eigenvalue weighted by Crippen LogP contribution is 2.29. The number of nitrogens with zero attached hydrogens (tertiary/aromatic N) is 2. The number of aromatic nitrogens is 1. The Bertz CT molecular complexity index is 1410. The van der Waals surface area contributed by atoms with Gasteiger partial charge in [-0.25, -0.2) is 17.9 Å². The summed E-state index contributed by atoms with van der Waals surface area (Å²) in [5.74, 6) is -0.979. The number of hydrogen-bond donors (Lipinski definition) is 4. The Morgan fingerprint density at radius 3 is 2.39 bits per heavy atom. The van der Waals surface area contributed by atoms with Crippen LogP contribution < -0.4 is 9.46 Å². The molecule has 0 fully saturated rings. The monoisotopic (exact) mass is 585 g/mol. The summed E-state index contributed by atoms with van der Waals surface area (Å²) < 4.78 is 32.1. The van der Waals surface area contributed by atoms with Gasteiger partial charge in [-0.15, -0.1) is 0 Å². The van der Waals surface area contributed by atoms with E-state index in [9.17, 15) is 28.2 Å². The molecule has 0 radical (unpaired) electrons. The highest BCUT2D eigenvalue weighted by Gasteiger charge is 2.21. The van der Waals surface area contributed by atoms with Crippen molar-refractivity contribution < 1.29 is 38.1 Å². The molecule has 3 aromatic rings. The van der Waals surface area contributed by atoms with Crippen LogP contribution in [0.5, 0.6) is 5.75 Å². The van der Waals surface area contributed by atoms with Crippen LogP contribution in [-0.4, -0.2) is 77.2 Å². The molecule has 3 rings (SSSR count). The van der Waals surface area contributed by atoms with E-state index in [2.05, 4.69) is 4.98 Å². The third-order valence-corrected chi connectivity index (χ3v) is 7.42. The molecule has 1 heterocycles. The summed E-state index contributed by atoms with van der Waals surface area (Å²) in [4.78, 5) is 29.6. The zero-order valence-corrected chi connectivity index (χ0v) is 23.8. The van der Waals surface area contributed by atoms with Gasteiger partial charge in [-0.05, 0) is 61.6 Å². The molecule has 0 saturated heterocycles. The molecule has 4 N–H and O–H groups in total. The van der Waals surface area contributed by atoms with E-state index in [-0.39, 0.29) is 49.3 Å². The fourth-order valence-corrected chi connectivity index (χ4v) is 5.03. The molecule has 1 aromatic heterocycles. The number of hydrogen-bond acceptors (Lipinski definition) is 8. The first-order valence-electron chi connectivity index (χ1n) is 13.1. The van der Waals surface area contributed by atoms with Gasteiger partial charge in [0.15, 0.2) is 0 Å². The number of carbonyl (C=O) groups excluding carboxylic acids is 1. The number of aliphatic hydroxyl groups is 2. The van der Waals surface area contributed by atoms with E-state index in [0.29, 0.717) is 12.0 Å². The van der Waals surface area contributed by atoms with Gasteiger partial charge in [0.05, 0.1) is 30.1 Å². The molecule has 0 spiro atoms. The maximum Gasteiger partial charge on any atom is 0.407 e. The molecule has 0 bridgehead atoms. The summed E-state index contributed by atoms with van der Waals surface area (Å²) in [6.07, 6.45) is 1.11. The van der Waals surface area contributed by atoms with E-state index in [1.54, 1.807) is 44.3 Å². The second kappa shape index (κ2) is 14.6. The average Bonchev–Trinajstić information content (AvgIpc) is 2.94. The van der Waals surface area contributed by atoms with Crippen molar-refractivity contribution in [1.29, 1.82) is 0 Å². The summed E-state index contributed by atoms with van der Waals surface area (Å²) in [6, 6.07) is 15.7. The third kappa shape index (κ3) is 9.55. The van der Waals surface area contributed by atoms with Crippen LogP contribution in [0, 0.1) is 0 Å². The fraction of sp³-hybridized carbons (Fsp3) is 0.345. The number of nitrogens with one attached hydrogen (secondary N) is 1. The number of sulfonamides is 1. The van der Waals surface area contributed by atoms with E-state index < -0.39 is 28.1 Å². The largest absolute Gasteiger partial charge is 0.490 e. The van der Waals surface area contributed by atoms with Crippen LogP contribution in [0.2, 0.25) is 0 Å². The van der Waals surface area contributed by atoms with Crippen molar-refractivity contribution in [3.63, 3.8) is 0 Å². The zero-order chi connectivity index (χ0) is 30.0. The Labute approximate surface area is 239 Å². The lowest BCUT2D eigenvalue weighted by molar-refractivity contribution is 0.0969. The first-order chi connectivity index (χ1) is 19.5. The summed E-state index contributed by atoms with van der Waals surface area (Å²) in [5.41, 5.74) is 3.04. The molecule has 0 aliphatic rings. The van der Waals surface area contributed by atoms with Crippen LogP contribution in [0.15, 0.2) is 67.0 Å². The number of amides is 2. The average molecular weight is 586 g/mol. The van der Waals surface area contributed by atoms with Crippen molar-refractivity contribution >= 4 is 22.0 Å². The van der Waals surface area contributed by atoms with Crippen molar-refractivity contribution in [3.05, 3.63) is 83.7 Å². The number of pyridine rings is 1. The van der Waals surface area contributed by atoms with Gasteiger partial charge >= 0.3 is 6.09 Å². The summed E-state index contributed by atoms with van der Waals surface area (Å²) in [6.45, 7) is 3.37. The van der Waals surface area contributed by atoms with Crippen molar-refractivity contribution in [3.8, 4) is 16.9 Å². The van der Waals surface area contributed by atoms with Crippen LogP contribution in [0.1, 0.15) is 47.9 Å². The Morgan fingerprint density at radius 1 is 1.07 bits per heavy atom. The number of ether oxygens (including phenoxy) is 1. The first-order valence-corrected chi connectivity index (χ1v) is 14.8.